The van der Waals surface area contributed by atoms with Gasteiger partial charge >= 0.3 is 0 Å². The summed E-state index contributed by atoms with van der Waals surface area (Å²) in [5, 5.41) is 2.70. The lowest BCUT2D eigenvalue weighted by atomic mass is 10.2. The van der Waals surface area contributed by atoms with Gasteiger partial charge < -0.3 is 5.32 Å². The number of carbonyl (C=O) groups is 1. The van der Waals surface area contributed by atoms with Crippen molar-refractivity contribution >= 4 is 15.7 Å². The van der Waals surface area contributed by atoms with Crippen LogP contribution in [0, 0.1) is 0 Å². The molecule has 1 N–H and O–H groups in total. The maximum Gasteiger partial charge on any atom is 0.251 e. The molecular weight excluding hydrogens is 228 g/mol. The highest BCUT2D eigenvalue weighted by molar-refractivity contribution is 7.91. The molecule has 0 radical (unpaired) electrons. The third-order valence-corrected chi connectivity index (χ3v) is 4.28. The van der Waals surface area contributed by atoms with Gasteiger partial charge in [-0.15, -0.1) is 0 Å². The molecule has 5 nitrogen and oxygen atoms in total. The molecule has 0 aromatic carbocycles. The zero-order valence-electron chi connectivity index (χ0n) is 8.59. The third-order valence-electron chi connectivity index (χ3n) is 2.51. The van der Waals surface area contributed by atoms with E-state index in [1.807, 2.05) is 0 Å². The van der Waals surface area contributed by atoms with Crippen LogP contribution in [-0.2, 0) is 9.84 Å². The van der Waals surface area contributed by atoms with Crippen LogP contribution in [0.2, 0.25) is 0 Å². The summed E-state index contributed by atoms with van der Waals surface area (Å²) in [6, 6.07) is 2.93. The van der Waals surface area contributed by atoms with Crippen molar-refractivity contribution in [3.8, 4) is 0 Å². The first-order valence-corrected chi connectivity index (χ1v) is 6.80. The van der Waals surface area contributed by atoms with Gasteiger partial charge in [0.1, 0.15) is 0 Å². The van der Waals surface area contributed by atoms with E-state index in [-0.39, 0.29) is 23.5 Å². The standard InChI is InChI=1S/C10H12N2O3S/c13-10(8-1-4-11-5-2-8)12-9-3-6-16(14,15)7-9/h1-2,4-5,9H,3,6-7H2,(H,12,13)/t9-/m0/s1. The van der Waals surface area contributed by atoms with E-state index < -0.39 is 9.84 Å². The molecule has 16 heavy (non-hydrogen) atoms. The molecule has 1 aromatic heterocycles. The predicted molar refractivity (Wildman–Crippen MR) is 58.8 cm³/mol. The van der Waals surface area contributed by atoms with Gasteiger partial charge in [-0.05, 0) is 18.6 Å². The van der Waals surface area contributed by atoms with E-state index in [1.54, 1.807) is 12.1 Å². The van der Waals surface area contributed by atoms with Gasteiger partial charge in [-0.2, -0.15) is 0 Å². The van der Waals surface area contributed by atoms with Crippen LogP contribution in [0.25, 0.3) is 0 Å². The lowest BCUT2D eigenvalue weighted by Gasteiger charge is -2.10. The highest BCUT2D eigenvalue weighted by Crippen LogP contribution is 2.11. The Labute approximate surface area is 93.8 Å². The van der Waals surface area contributed by atoms with E-state index in [4.69, 9.17) is 0 Å². The molecule has 0 unspecified atom stereocenters. The molecule has 2 rings (SSSR count). The minimum absolute atomic E-state index is 0.0455. The fourth-order valence-corrected chi connectivity index (χ4v) is 3.35. The van der Waals surface area contributed by atoms with E-state index in [1.165, 1.54) is 12.4 Å². The number of amides is 1. The number of sulfone groups is 1. The molecule has 2 heterocycles. The minimum Gasteiger partial charge on any atom is -0.348 e. The average Bonchev–Trinajstić information content (AvgIpc) is 2.59. The molecule has 1 fully saturated rings. The van der Waals surface area contributed by atoms with Crippen molar-refractivity contribution in [3.63, 3.8) is 0 Å². The number of hydrogen-bond acceptors (Lipinski definition) is 4. The third kappa shape index (κ3) is 2.57. The van der Waals surface area contributed by atoms with Crippen LogP contribution < -0.4 is 5.32 Å². The van der Waals surface area contributed by atoms with Crippen molar-refractivity contribution in [2.24, 2.45) is 0 Å². The monoisotopic (exact) mass is 240 g/mol. The second kappa shape index (κ2) is 4.21. The van der Waals surface area contributed by atoms with Crippen LogP contribution in [0.1, 0.15) is 16.8 Å². The molecule has 0 spiro atoms. The van der Waals surface area contributed by atoms with Crippen LogP contribution in [0.4, 0.5) is 0 Å². The van der Waals surface area contributed by atoms with E-state index in [0.717, 1.165) is 0 Å². The number of nitrogens with zero attached hydrogens (tertiary/aromatic N) is 1. The van der Waals surface area contributed by atoms with E-state index in [0.29, 0.717) is 12.0 Å². The molecule has 1 aliphatic rings. The summed E-state index contributed by atoms with van der Waals surface area (Å²) in [4.78, 5) is 15.5. The molecule has 1 aliphatic heterocycles. The molecule has 1 amide bonds. The summed E-state index contributed by atoms with van der Waals surface area (Å²) in [7, 11) is -2.95. The van der Waals surface area contributed by atoms with Crippen molar-refractivity contribution in [2.75, 3.05) is 11.5 Å². The Balaban J connectivity index is 1.99. The summed E-state index contributed by atoms with van der Waals surface area (Å²) in [6.07, 6.45) is 3.56. The van der Waals surface area contributed by atoms with Crippen molar-refractivity contribution in [1.29, 1.82) is 0 Å². The second-order valence-corrected chi connectivity index (χ2v) is 6.04. The van der Waals surface area contributed by atoms with Crippen molar-refractivity contribution in [1.82, 2.24) is 10.3 Å². The zero-order valence-corrected chi connectivity index (χ0v) is 9.40. The van der Waals surface area contributed by atoms with Gasteiger partial charge in [0.05, 0.1) is 11.5 Å². The number of pyridine rings is 1. The average molecular weight is 240 g/mol. The van der Waals surface area contributed by atoms with Crippen LogP contribution >= 0.6 is 0 Å². The van der Waals surface area contributed by atoms with Crippen molar-refractivity contribution in [3.05, 3.63) is 30.1 Å². The van der Waals surface area contributed by atoms with Gasteiger partial charge in [-0.25, -0.2) is 8.42 Å². The zero-order chi connectivity index (χ0) is 11.6. The molecule has 0 saturated carbocycles. The van der Waals surface area contributed by atoms with Crippen molar-refractivity contribution in [2.45, 2.75) is 12.5 Å². The Kier molecular flexibility index (Phi) is 2.91. The first kappa shape index (κ1) is 11.1. The second-order valence-electron chi connectivity index (χ2n) is 3.81. The Morgan fingerprint density at radius 2 is 2.06 bits per heavy atom. The molecule has 0 aliphatic carbocycles. The number of aromatic nitrogens is 1. The molecular formula is C10H12N2O3S. The number of nitrogens with one attached hydrogen (secondary N) is 1. The van der Waals surface area contributed by atoms with E-state index in [9.17, 15) is 13.2 Å². The molecule has 0 bridgehead atoms. The number of rotatable bonds is 2. The maximum atomic E-state index is 11.7. The predicted octanol–water partition coefficient (Wildman–Crippen LogP) is -0.00150. The van der Waals surface area contributed by atoms with Crippen LogP contribution in [0.3, 0.4) is 0 Å². The Morgan fingerprint density at radius 3 is 2.62 bits per heavy atom. The quantitative estimate of drug-likeness (QED) is 0.789. The fraction of sp³-hybridized carbons (Fsp3) is 0.400. The molecule has 1 saturated heterocycles. The Hall–Kier alpha value is -1.43. The first-order chi connectivity index (χ1) is 7.57. The van der Waals surface area contributed by atoms with Crippen LogP contribution in [-0.4, -0.2) is 36.9 Å². The van der Waals surface area contributed by atoms with Crippen molar-refractivity contribution < 1.29 is 13.2 Å². The Morgan fingerprint density at radius 1 is 1.38 bits per heavy atom. The van der Waals surface area contributed by atoms with Gasteiger partial charge in [-0.1, -0.05) is 0 Å². The topological polar surface area (TPSA) is 76.1 Å². The Bertz CT molecular complexity index is 484. The smallest absolute Gasteiger partial charge is 0.251 e. The van der Waals surface area contributed by atoms with Gasteiger partial charge in [0, 0.05) is 24.0 Å². The van der Waals surface area contributed by atoms with Gasteiger partial charge in [0.15, 0.2) is 9.84 Å². The number of carbonyl (C=O) groups excluding carboxylic acids is 1. The molecule has 6 heteroatoms. The van der Waals surface area contributed by atoms with Gasteiger partial charge in [-0.3, -0.25) is 9.78 Å². The minimum atomic E-state index is -2.95. The first-order valence-electron chi connectivity index (χ1n) is 4.98. The van der Waals surface area contributed by atoms with Gasteiger partial charge in [0.2, 0.25) is 0 Å². The highest BCUT2D eigenvalue weighted by atomic mass is 32.2. The van der Waals surface area contributed by atoms with Crippen LogP contribution in [0.5, 0.6) is 0 Å². The summed E-state index contributed by atoms with van der Waals surface area (Å²) >= 11 is 0. The van der Waals surface area contributed by atoms with Gasteiger partial charge in [0.25, 0.3) is 5.91 Å². The molecule has 1 aromatic rings. The summed E-state index contributed by atoms with van der Waals surface area (Å²) in [5.41, 5.74) is 0.499. The lowest BCUT2D eigenvalue weighted by Crippen LogP contribution is -2.35. The highest BCUT2D eigenvalue weighted by Gasteiger charge is 2.28. The summed E-state index contributed by atoms with van der Waals surface area (Å²) in [6.45, 7) is 0. The maximum absolute atomic E-state index is 11.7. The normalized spacial score (nSPS) is 22.9. The number of hydrogen-bond donors (Lipinski definition) is 1. The fourth-order valence-electron chi connectivity index (χ4n) is 1.68. The molecule has 86 valence electrons. The SMILES string of the molecule is O=C(N[C@H]1CCS(=O)(=O)C1)c1ccncc1. The van der Waals surface area contributed by atoms with E-state index in [2.05, 4.69) is 10.3 Å². The van der Waals surface area contributed by atoms with Crippen LogP contribution in [0.15, 0.2) is 24.5 Å². The lowest BCUT2D eigenvalue weighted by molar-refractivity contribution is 0.0941. The molecule has 1 atom stereocenters. The summed E-state index contributed by atoms with van der Waals surface area (Å²) in [5.74, 6) is -0.0394. The summed E-state index contributed by atoms with van der Waals surface area (Å²) < 4.78 is 22.4. The largest absolute Gasteiger partial charge is 0.348 e. The van der Waals surface area contributed by atoms with E-state index >= 15 is 0 Å².